The zero-order valence-corrected chi connectivity index (χ0v) is 13.5. The second kappa shape index (κ2) is 12.1. The van der Waals surface area contributed by atoms with Crippen molar-refractivity contribution in [1.82, 2.24) is 15.0 Å². The molecule has 1 rings (SSSR count). The first kappa shape index (κ1) is 22.6. The molecule has 0 atom stereocenters. The van der Waals surface area contributed by atoms with Gasteiger partial charge in [0.2, 0.25) is 17.8 Å². The molecule has 1 aromatic rings. The third kappa shape index (κ3) is 7.38. The molecule has 0 aromatic carbocycles. The van der Waals surface area contributed by atoms with Gasteiger partial charge in [0.15, 0.2) is 0 Å². The van der Waals surface area contributed by atoms with Crippen molar-refractivity contribution in [2.75, 3.05) is 55.1 Å². The molecule has 14 heteroatoms. The van der Waals surface area contributed by atoms with E-state index in [0.29, 0.717) is 0 Å². The lowest BCUT2D eigenvalue weighted by Crippen LogP contribution is -2.34. The highest BCUT2D eigenvalue weighted by molar-refractivity contribution is 5.62. The van der Waals surface area contributed by atoms with Crippen LogP contribution in [0.25, 0.3) is 0 Å². The van der Waals surface area contributed by atoms with Crippen molar-refractivity contribution < 1.29 is 40.5 Å². The largest absolute Gasteiger partial charge is 0.481 e. The fourth-order valence-electron chi connectivity index (χ4n) is 1.28. The summed E-state index contributed by atoms with van der Waals surface area (Å²) in [6.45, 7) is -2.52. The number of carboxylic acids is 1. The van der Waals surface area contributed by atoms with Crippen LogP contribution in [0.5, 0.6) is 0 Å². The maximum atomic E-state index is 9.11. The number of nitrogens with zero attached hydrogens (tertiary/aromatic N) is 6. The van der Waals surface area contributed by atoms with Gasteiger partial charge in [-0.2, -0.15) is 15.0 Å². The van der Waals surface area contributed by atoms with Gasteiger partial charge in [-0.3, -0.25) is 19.5 Å². The van der Waals surface area contributed by atoms with Crippen LogP contribution in [0.3, 0.4) is 0 Å². The number of hydrogen-bond donors (Lipinski definition) is 7. The Morgan fingerprint density at radius 3 is 0.960 bits per heavy atom. The van der Waals surface area contributed by atoms with Crippen LogP contribution in [0.15, 0.2) is 0 Å². The summed E-state index contributed by atoms with van der Waals surface area (Å²) in [6.07, 6.45) is 0. The van der Waals surface area contributed by atoms with E-state index in [4.69, 9.17) is 40.5 Å². The number of anilines is 3. The van der Waals surface area contributed by atoms with Gasteiger partial charge in [0, 0.05) is 6.92 Å². The molecule has 0 bridgehead atoms. The third-order valence-electron chi connectivity index (χ3n) is 2.47. The molecule has 1 aromatic heterocycles. The van der Waals surface area contributed by atoms with Gasteiger partial charge in [-0.1, -0.05) is 0 Å². The Bertz CT molecular complexity index is 431. The van der Waals surface area contributed by atoms with E-state index in [1.807, 2.05) is 0 Å². The van der Waals surface area contributed by atoms with Crippen LogP contribution >= 0.6 is 0 Å². The summed E-state index contributed by atoms with van der Waals surface area (Å²) < 4.78 is 0. The Balaban J connectivity index is 0.00000129. The Hall–Kier alpha value is -2.36. The van der Waals surface area contributed by atoms with Crippen LogP contribution in [0, 0.1) is 0 Å². The average molecular weight is 366 g/mol. The molecule has 0 aliphatic heterocycles. The molecule has 0 aliphatic carbocycles. The van der Waals surface area contributed by atoms with E-state index in [1.54, 1.807) is 0 Å². The molecule has 0 saturated carbocycles. The SMILES string of the molecule is CC(=O)O.OCN(CO)c1nc(N(CO)CO)nc(N(CO)CO)n1. The van der Waals surface area contributed by atoms with Crippen molar-refractivity contribution in [3.63, 3.8) is 0 Å². The topological polar surface area (TPSA) is 207 Å². The van der Waals surface area contributed by atoms with Gasteiger partial charge in [0.05, 0.1) is 0 Å². The fraction of sp³-hybridized carbons (Fsp3) is 0.636. The monoisotopic (exact) mass is 366 g/mol. The zero-order valence-electron chi connectivity index (χ0n) is 13.5. The average Bonchev–Trinajstić information content (AvgIpc) is 2.58. The molecule has 0 spiro atoms. The predicted octanol–water partition coefficient (Wildman–Crippen LogP) is -3.92. The minimum atomic E-state index is -0.833. The van der Waals surface area contributed by atoms with E-state index >= 15 is 0 Å². The number of aromatic nitrogens is 3. The van der Waals surface area contributed by atoms with Gasteiger partial charge in [0.1, 0.15) is 40.4 Å². The molecular formula is C11H22N6O8. The highest BCUT2D eigenvalue weighted by Crippen LogP contribution is 2.18. The van der Waals surface area contributed by atoms with Gasteiger partial charge in [-0.25, -0.2) is 0 Å². The first-order valence-electron chi connectivity index (χ1n) is 6.73. The molecule has 7 N–H and O–H groups in total. The minimum Gasteiger partial charge on any atom is -0.481 e. The molecule has 144 valence electrons. The minimum absolute atomic E-state index is 0.168. The van der Waals surface area contributed by atoms with E-state index in [9.17, 15) is 0 Å². The zero-order chi connectivity index (χ0) is 19.4. The highest BCUT2D eigenvalue weighted by atomic mass is 16.4. The van der Waals surface area contributed by atoms with Crippen molar-refractivity contribution in [2.45, 2.75) is 6.92 Å². The number of carbonyl (C=O) groups is 1. The molecule has 0 fully saturated rings. The molecule has 25 heavy (non-hydrogen) atoms. The van der Waals surface area contributed by atoms with E-state index < -0.39 is 46.4 Å². The maximum Gasteiger partial charge on any atom is 0.300 e. The Morgan fingerprint density at radius 2 is 0.840 bits per heavy atom. The smallest absolute Gasteiger partial charge is 0.300 e. The predicted molar refractivity (Wildman–Crippen MR) is 83.1 cm³/mol. The molecule has 14 nitrogen and oxygen atoms in total. The fourth-order valence-corrected chi connectivity index (χ4v) is 1.28. The summed E-state index contributed by atoms with van der Waals surface area (Å²) in [6, 6.07) is 0. The van der Waals surface area contributed by atoms with Gasteiger partial charge < -0.3 is 35.7 Å². The van der Waals surface area contributed by atoms with E-state index in [2.05, 4.69) is 15.0 Å². The molecule has 1 heterocycles. The lowest BCUT2D eigenvalue weighted by Gasteiger charge is -2.24. The summed E-state index contributed by atoms with van der Waals surface area (Å²) in [5.74, 6) is -1.34. The van der Waals surface area contributed by atoms with Crippen molar-refractivity contribution >= 4 is 23.8 Å². The van der Waals surface area contributed by atoms with Crippen molar-refractivity contribution in [1.29, 1.82) is 0 Å². The van der Waals surface area contributed by atoms with Gasteiger partial charge in [-0.15, -0.1) is 0 Å². The second-order valence-electron chi connectivity index (χ2n) is 4.22. The van der Waals surface area contributed by atoms with Gasteiger partial charge in [0.25, 0.3) is 5.97 Å². The first-order chi connectivity index (χ1) is 11.9. The number of rotatable bonds is 9. The number of aliphatic carboxylic acids is 1. The summed E-state index contributed by atoms with van der Waals surface area (Å²) in [7, 11) is 0. The molecule has 0 aliphatic rings. The molecular weight excluding hydrogens is 344 g/mol. The quantitative estimate of drug-likeness (QED) is 0.208. The van der Waals surface area contributed by atoms with E-state index in [1.165, 1.54) is 0 Å². The Morgan fingerprint density at radius 1 is 0.680 bits per heavy atom. The lowest BCUT2D eigenvalue weighted by atomic mass is 10.6. The summed E-state index contributed by atoms with van der Waals surface area (Å²) in [5.41, 5.74) is 0. The normalized spacial score (nSPS) is 9.88. The number of aliphatic hydroxyl groups is 6. The van der Waals surface area contributed by atoms with Crippen molar-refractivity contribution in [3.8, 4) is 0 Å². The Labute approximate surface area is 142 Å². The Kier molecular flexibility index (Phi) is 10.9. The van der Waals surface area contributed by atoms with Gasteiger partial charge >= 0.3 is 0 Å². The van der Waals surface area contributed by atoms with E-state index in [-0.39, 0.29) is 17.8 Å². The first-order valence-corrected chi connectivity index (χ1v) is 6.73. The van der Waals surface area contributed by atoms with Crippen molar-refractivity contribution in [3.05, 3.63) is 0 Å². The second-order valence-corrected chi connectivity index (χ2v) is 4.22. The number of hydrogen-bond acceptors (Lipinski definition) is 13. The lowest BCUT2D eigenvalue weighted by molar-refractivity contribution is -0.134. The number of carboxylic acid groups (broad SMARTS) is 1. The van der Waals surface area contributed by atoms with Crippen LogP contribution < -0.4 is 14.7 Å². The number of aliphatic hydroxyl groups excluding tert-OH is 6. The maximum absolute atomic E-state index is 9.11. The summed E-state index contributed by atoms with van der Waals surface area (Å²) >= 11 is 0. The molecule has 0 radical (unpaired) electrons. The molecule has 0 saturated heterocycles. The van der Waals surface area contributed by atoms with Crippen LogP contribution in [-0.4, -0.2) is 97.1 Å². The van der Waals surface area contributed by atoms with Crippen LogP contribution in [0.2, 0.25) is 0 Å². The van der Waals surface area contributed by atoms with Crippen LogP contribution in [0.4, 0.5) is 17.8 Å². The van der Waals surface area contributed by atoms with Crippen LogP contribution in [0.1, 0.15) is 6.92 Å². The highest BCUT2D eigenvalue weighted by Gasteiger charge is 2.18. The van der Waals surface area contributed by atoms with Gasteiger partial charge in [-0.05, 0) is 0 Å². The summed E-state index contributed by atoms with van der Waals surface area (Å²) in [4.78, 5) is 23.5. The molecule has 0 unspecified atom stereocenters. The standard InChI is InChI=1S/C9H18N6O6.C2H4O2/c16-1-13(2-17)7-10-8(14(3-18)4-19)12-9(11-7)15(5-20)6-21;1-2(3)4/h16-21H,1-6H2;1H3,(H,3,4). The van der Waals surface area contributed by atoms with E-state index in [0.717, 1.165) is 21.6 Å². The molecule has 0 amide bonds. The third-order valence-corrected chi connectivity index (χ3v) is 2.47. The summed E-state index contributed by atoms with van der Waals surface area (Å²) in [5, 5.41) is 62.1. The van der Waals surface area contributed by atoms with Crippen molar-refractivity contribution in [2.24, 2.45) is 0 Å². The van der Waals surface area contributed by atoms with Crippen LogP contribution in [-0.2, 0) is 4.79 Å².